The Morgan fingerprint density at radius 2 is 0.455 bits per heavy atom. The van der Waals surface area contributed by atoms with Crippen molar-refractivity contribution in [2.24, 2.45) is 0 Å². The number of unbranched alkanes of at least 4 members (excludes halogenated alkanes) is 40. The van der Waals surface area contributed by atoms with Crippen molar-refractivity contribution in [3.05, 3.63) is 29.6 Å². The molecule has 0 atom stereocenters. The lowest BCUT2D eigenvalue weighted by molar-refractivity contribution is -0.698. The van der Waals surface area contributed by atoms with Crippen LogP contribution in [0.1, 0.15) is 308 Å². The molecule has 0 radical (unpaired) electrons. The Bertz CT molecular complexity index is 803. The van der Waals surface area contributed by atoms with Gasteiger partial charge in [-0.05, 0) is 38.2 Å². The van der Waals surface area contributed by atoms with Crippen molar-refractivity contribution in [3.8, 4) is 0 Å². The molecule has 0 aromatic carbocycles. The quantitative estimate of drug-likeness (QED) is 0.0460. The summed E-state index contributed by atoms with van der Waals surface area (Å²) in [5.41, 5.74) is 3.22. The van der Waals surface area contributed by atoms with Crippen molar-refractivity contribution in [3.63, 3.8) is 0 Å². The van der Waals surface area contributed by atoms with Crippen LogP contribution in [-0.2, 0) is 19.4 Å². The molecule has 0 fully saturated rings. The normalized spacial score (nSPS) is 11.6. The highest BCUT2D eigenvalue weighted by molar-refractivity contribution is 5.15. The second kappa shape index (κ2) is 44.3. The predicted octanol–water partition coefficient (Wildman–Crippen LogP) is 18.9. The smallest absolute Gasteiger partial charge is 0.171 e. The molecule has 0 N–H and O–H groups in total. The summed E-state index contributed by atoms with van der Waals surface area (Å²) in [4.78, 5) is 0. The molecule has 1 nitrogen and oxygen atoms in total. The summed E-state index contributed by atoms with van der Waals surface area (Å²) in [6.45, 7) is 8.17. The Balaban J connectivity index is 2.22. The van der Waals surface area contributed by atoms with Crippen LogP contribution in [0.2, 0.25) is 0 Å². The van der Waals surface area contributed by atoms with Gasteiger partial charge in [-0.3, -0.25) is 0 Å². The molecular formula is C54H104N+. The molecule has 0 aliphatic heterocycles. The van der Waals surface area contributed by atoms with E-state index in [1.54, 1.807) is 11.1 Å². The molecule has 0 amide bonds. The molecule has 0 bridgehead atoms. The lowest BCUT2D eigenvalue weighted by atomic mass is 10.0. The topological polar surface area (TPSA) is 3.88 Å². The first-order valence-corrected chi connectivity index (χ1v) is 26.3. The molecule has 55 heavy (non-hydrogen) atoms. The molecule has 0 aliphatic rings. The Morgan fingerprint density at radius 1 is 0.255 bits per heavy atom. The molecule has 0 aliphatic carbocycles. The summed E-state index contributed by atoms with van der Waals surface area (Å²) < 4.78 is 2.59. The van der Waals surface area contributed by atoms with Crippen molar-refractivity contribution in [1.29, 1.82) is 0 Å². The van der Waals surface area contributed by atoms with E-state index in [1.807, 2.05) is 0 Å². The van der Waals surface area contributed by atoms with Crippen LogP contribution >= 0.6 is 0 Å². The van der Waals surface area contributed by atoms with E-state index in [0.717, 1.165) is 0 Å². The van der Waals surface area contributed by atoms with E-state index in [4.69, 9.17) is 0 Å². The minimum atomic E-state index is 1.22. The predicted molar refractivity (Wildman–Crippen MR) is 250 cm³/mol. The minimum absolute atomic E-state index is 1.22. The standard InChI is InChI=1S/C54H104N/c1-4-7-10-13-16-19-21-23-25-27-29-31-33-35-38-41-44-47-53-50-54(52-55(51-53)49-46-43-40-37-18-15-12-9-6-3)48-45-42-39-36-34-32-30-28-26-24-22-20-17-14-11-8-5-2/h50-52H,4-49H2,1-3H3/q+1. The maximum Gasteiger partial charge on any atom is 0.171 e. The van der Waals surface area contributed by atoms with E-state index >= 15 is 0 Å². The first kappa shape index (κ1) is 52.2. The number of rotatable bonds is 46. The average Bonchev–Trinajstić information content (AvgIpc) is 3.19. The maximum atomic E-state index is 2.59. The van der Waals surface area contributed by atoms with Crippen molar-refractivity contribution >= 4 is 0 Å². The van der Waals surface area contributed by atoms with Gasteiger partial charge in [-0.15, -0.1) is 0 Å². The lowest BCUT2D eigenvalue weighted by Gasteiger charge is -2.08. The molecule has 1 heterocycles. The Kier molecular flexibility index (Phi) is 42.0. The van der Waals surface area contributed by atoms with Crippen molar-refractivity contribution < 1.29 is 4.57 Å². The van der Waals surface area contributed by atoms with Crippen molar-refractivity contribution in [1.82, 2.24) is 0 Å². The molecular weight excluding hydrogens is 663 g/mol. The third-order valence-corrected chi connectivity index (χ3v) is 12.7. The largest absolute Gasteiger partial charge is 0.205 e. The van der Waals surface area contributed by atoms with Gasteiger partial charge >= 0.3 is 0 Å². The van der Waals surface area contributed by atoms with Crippen LogP contribution in [0.15, 0.2) is 18.5 Å². The molecule has 0 saturated carbocycles. The summed E-state index contributed by atoms with van der Waals surface area (Å²) in [7, 11) is 0. The number of hydrogen-bond donors (Lipinski definition) is 0. The second-order valence-electron chi connectivity index (χ2n) is 18.4. The van der Waals surface area contributed by atoms with Crippen molar-refractivity contribution in [2.75, 3.05) is 0 Å². The highest BCUT2D eigenvalue weighted by Crippen LogP contribution is 2.18. The van der Waals surface area contributed by atoms with Crippen molar-refractivity contribution in [2.45, 2.75) is 316 Å². The van der Waals surface area contributed by atoms with Crippen LogP contribution in [0.5, 0.6) is 0 Å². The number of nitrogens with zero attached hydrogens (tertiary/aromatic N) is 1. The summed E-state index contributed by atoms with van der Waals surface area (Å²) in [5, 5.41) is 0. The highest BCUT2D eigenvalue weighted by atomic mass is 14.9. The molecule has 1 aromatic heterocycles. The summed E-state index contributed by atoms with van der Waals surface area (Å²) in [6.07, 6.45) is 69.8. The molecule has 1 aromatic rings. The number of pyridine rings is 1. The summed E-state index contributed by atoms with van der Waals surface area (Å²) >= 11 is 0. The fourth-order valence-electron chi connectivity index (χ4n) is 8.89. The zero-order valence-electron chi connectivity index (χ0n) is 38.7. The minimum Gasteiger partial charge on any atom is -0.205 e. The Morgan fingerprint density at radius 3 is 0.691 bits per heavy atom. The molecule has 0 saturated heterocycles. The van der Waals surface area contributed by atoms with Gasteiger partial charge in [0.2, 0.25) is 0 Å². The van der Waals surface area contributed by atoms with Gasteiger partial charge in [-0.1, -0.05) is 271 Å². The average molecular weight is 767 g/mol. The van der Waals surface area contributed by atoms with Crippen LogP contribution in [0.4, 0.5) is 0 Å². The van der Waals surface area contributed by atoms with Crippen LogP contribution in [0, 0.1) is 0 Å². The molecule has 1 heteroatoms. The van der Waals surface area contributed by atoms with Crippen LogP contribution in [0.3, 0.4) is 0 Å². The van der Waals surface area contributed by atoms with Gasteiger partial charge in [0.15, 0.2) is 12.4 Å². The number of hydrogen-bond acceptors (Lipinski definition) is 0. The van der Waals surface area contributed by atoms with Gasteiger partial charge in [0.05, 0.1) is 0 Å². The van der Waals surface area contributed by atoms with Crippen LogP contribution in [-0.4, -0.2) is 0 Å². The fraction of sp³-hybridized carbons (Fsp3) is 0.907. The molecule has 1 rings (SSSR count). The second-order valence-corrected chi connectivity index (χ2v) is 18.4. The van der Waals surface area contributed by atoms with E-state index in [0.29, 0.717) is 0 Å². The zero-order chi connectivity index (χ0) is 39.4. The Hall–Kier alpha value is -0.850. The van der Waals surface area contributed by atoms with Gasteiger partial charge in [-0.2, -0.15) is 0 Å². The van der Waals surface area contributed by atoms with E-state index < -0.39 is 0 Å². The van der Waals surface area contributed by atoms with E-state index in [-0.39, 0.29) is 0 Å². The first-order chi connectivity index (χ1) is 27.3. The van der Waals surface area contributed by atoms with Gasteiger partial charge in [0.25, 0.3) is 0 Å². The van der Waals surface area contributed by atoms with Gasteiger partial charge in [0, 0.05) is 17.5 Å². The molecule has 0 unspecified atom stereocenters. The van der Waals surface area contributed by atoms with E-state index in [2.05, 4.69) is 43.8 Å². The van der Waals surface area contributed by atoms with Crippen LogP contribution in [0.25, 0.3) is 0 Å². The molecule has 324 valence electrons. The Labute approximate surface area is 349 Å². The summed E-state index contributed by atoms with van der Waals surface area (Å²) in [6, 6.07) is 2.59. The zero-order valence-corrected chi connectivity index (χ0v) is 38.7. The third-order valence-electron chi connectivity index (χ3n) is 12.7. The van der Waals surface area contributed by atoms with Crippen LogP contribution < -0.4 is 4.57 Å². The van der Waals surface area contributed by atoms with E-state index in [1.165, 1.54) is 295 Å². The maximum absolute atomic E-state index is 2.59. The summed E-state index contributed by atoms with van der Waals surface area (Å²) in [5.74, 6) is 0. The van der Waals surface area contributed by atoms with Gasteiger partial charge in [0.1, 0.15) is 6.54 Å². The SMILES string of the molecule is CCCCCCCCCCCCCCCCCCCc1cc(CCCCCCCCCCCCCCCCCCC)c[n+](CCCCCCCCCCC)c1. The van der Waals surface area contributed by atoms with E-state index in [9.17, 15) is 0 Å². The number of aromatic nitrogens is 1. The van der Waals surface area contributed by atoms with Gasteiger partial charge < -0.3 is 0 Å². The lowest BCUT2D eigenvalue weighted by Crippen LogP contribution is -2.34. The number of aryl methyl sites for hydroxylation is 3. The van der Waals surface area contributed by atoms with Gasteiger partial charge in [-0.25, -0.2) is 4.57 Å². The third kappa shape index (κ3) is 38.4. The first-order valence-electron chi connectivity index (χ1n) is 26.3. The fourth-order valence-corrected chi connectivity index (χ4v) is 8.89. The molecule has 0 spiro atoms. The monoisotopic (exact) mass is 767 g/mol. The highest BCUT2D eigenvalue weighted by Gasteiger charge is 2.09.